The number of amides is 1. The number of nitrogens with one attached hydrogen (secondary N) is 1. The van der Waals surface area contributed by atoms with Gasteiger partial charge in [0.05, 0.1) is 18.6 Å². The van der Waals surface area contributed by atoms with Gasteiger partial charge in [-0.25, -0.2) is 4.98 Å². The average molecular weight is 451 g/mol. The largest absolute Gasteiger partial charge is 0.506 e. The summed E-state index contributed by atoms with van der Waals surface area (Å²) in [6.07, 6.45) is 2.09. The molecule has 1 fully saturated rings. The van der Waals surface area contributed by atoms with Gasteiger partial charge < -0.3 is 15.2 Å². The van der Waals surface area contributed by atoms with Crippen LogP contribution in [0.1, 0.15) is 23.7 Å². The van der Waals surface area contributed by atoms with Crippen molar-refractivity contribution in [3.8, 4) is 5.75 Å². The van der Waals surface area contributed by atoms with Crippen LogP contribution in [0.4, 0.5) is 0 Å². The normalized spacial score (nSPS) is 14.9. The number of fused-ring (bicyclic) bond motifs is 1. The van der Waals surface area contributed by atoms with E-state index in [4.69, 9.17) is 4.74 Å². The van der Waals surface area contributed by atoms with E-state index < -0.39 is 11.5 Å². The summed E-state index contributed by atoms with van der Waals surface area (Å²) >= 11 is 3.33. The van der Waals surface area contributed by atoms with Gasteiger partial charge in [-0.05, 0) is 28.4 Å². The Balaban J connectivity index is 2.06. The van der Waals surface area contributed by atoms with Gasteiger partial charge in [-0.3, -0.25) is 19.1 Å². The molecule has 0 saturated carbocycles. The van der Waals surface area contributed by atoms with Crippen molar-refractivity contribution in [1.29, 1.82) is 0 Å². The van der Waals surface area contributed by atoms with E-state index >= 15 is 0 Å². The summed E-state index contributed by atoms with van der Waals surface area (Å²) in [7, 11) is 0. The maximum atomic E-state index is 13.1. The van der Waals surface area contributed by atoms with Crippen molar-refractivity contribution in [2.45, 2.75) is 19.9 Å². The molecule has 1 saturated heterocycles. The maximum Gasteiger partial charge on any atom is 0.268 e. The van der Waals surface area contributed by atoms with Gasteiger partial charge in [0.2, 0.25) is 0 Å². The van der Waals surface area contributed by atoms with Crippen LogP contribution in [-0.2, 0) is 11.3 Å². The number of halogens is 1. The van der Waals surface area contributed by atoms with E-state index in [9.17, 15) is 14.7 Å². The molecule has 1 aliphatic rings. The zero-order chi connectivity index (χ0) is 20.3. The summed E-state index contributed by atoms with van der Waals surface area (Å²) in [5.41, 5.74) is -0.0700. The van der Waals surface area contributed by atoms with Gasteiger partial charge >= 0.3 is 0 Å². The lowest BCUT2D eigenvalue weighted by Gasteiger charge is -2.27. The highest BCUT2D eigenvalue weighted by Gasteiger charge is 2.24. The van der Waals surface area contributed by atoms with E-state index in [1.807, 2.05) is 6.92 Å². The smallest absolute Gasteiger partial charge is 0.268 e. The highest BCUT2D eigenvalue weighted by atomic mass is 79.9. The van der Waals surface area contributed by atoms with Gasteiger partial charge in [0.1, 0.15) is 17.0 Å². The van der Waals surface area contributed by atoms with Gasteiger partial charge in [0.25, 0.3) is 11.5 Å². The Hall–Kier alpha value is -2.23. The van der Waals surface area contributed by atoms with Crippen molar-refractivity contribution in [1.82, 2.24) is 19.8 Å². The lowest BCUT2D eigenvalue weighted by molar-refractivity contribution is 0.0364. The SMILES string of the molecule is C=C(CC)NC(=O)c1c(O)c2cc(Br)cnc2n(CCN2CCOCC2)c1=O. The van der Waals surface area contributed by atoms with Crippen LogP contribution in [0.5, 0.6) is 5.75 Å². The van der Waals surface area contributed by atoms with Gasteiger partial charge in [-0.2, -0.15) is 0 Å². The Morgan fingerprint density at radius 1 is 1.39 bits per heavy atom. The first kappa shape index (κ1) is 20.5. The molecule has 0 atom stereocenters. The van der Waals surface area contributed by atoms with Crippen LogP contribution in [0.2, 0.25) is 0 Å². The molecule has 0 aliphatic carbocycles. The van der Waals surface area contributed by atoms with Crippen LogP contribution in [0.15, 0.2) is 33.8 Å². The maximum absolute atomic E-state index is 13.1. The summed E-state index contributed by atoms with van der Waals surface area (Å²) in [6.45, 7) is 9.41. The molecule has 3 heterocycles. The van der Waals surface area contributed by atoms with Crippen LogP contribution in [-0.4, -0.2) is 58.3 Å². The zero-order valence-electron chi connectivity index (χ0n) is 15.7. The fraction of sp³-hybridized carbons (Fsp3) is 0.421. The third-order valence-electron chi connectivity index (χ3n) is 4.73. The molecular formula is C19H23BrN4O4. The molecule has 0 aromatic carbocycles. The van der Waals surface area contributed by atoms with Gasteiger partial charge in [0.15, 0.2) is 0 Å². The summed E-state index contributed by atoms with van der Waals surface area (Å²) < 4.78 is 7.43. The minimum atomic E-state index is -0.670. The fourth-order valence-corrected chi connectivity index (χ4v) is 3.41. The van der Waals surface area contributed by atoms with E-state index in [2.05, 4.69) is 37.7 Å². The number of ether oxygens (including phenoxy) is 1. The Labute approximate surface area is 170 Å². The van der Waals surface area contributed by atoms with E-state index in [1.54, 1.807) is 12.3 Å². The molecular weight excluding hydrogens is 428 g/mol. The van der Waals surface area contributed by atoms with E-state index in [0.717, 1.165) is 13.1 Å². The number of rotatable bonds is 6. The van der Waals surface area contributed by atoms with Crippen LogP contribution in [0.3, 0.4) is 0 Å². The number of carbonyl (C=O) groups is 1. The van der Waals surface area contributed by atoms with Crippen molar-refractivity contribution in [2.24, 2.45) is 0 Å². The molecule has 0 spiro atoms. The molecule has 2 aromatic heterocycles. The number of hydrogen-bond donors (Lipinski definition) is 2. The quantitative estimate of drug-likeness (QED) is 0.696. The number of aromatic nitrogens is 2. The molecule has 150 valence electrons. The molecule has 0 unspecified atom stereocenters. The van der Waals surface area contributed by atoms with Gasteiger partial charge in [0, 0.05) is 42.5 Å². The van der Waals surface area contributed by atoms with Crippen LogP contribution < -0.4 is 10.9 Å². The van der Waals surface area contributed by atoms with Gasteiger partial charge in [-0.1, -0.05) is 13.5 Å². The number of nitrogens with zero attached hydrogens (tertiary/aromatic N) is 3. The fourth-order valence-electron chi connectivity index (χ4n) is 3.08. The summed E-state index contributed by atoms with van der Waals surface area (Å²) in [5.74, 6) is -1.05. The molecule has 9 heteroatoms. The number of aromatic hydroxyl groups is 1. The second kappa shape index (κ2) is 8.85. The van der Waals surface area contributed by atoms with E-state index in [0.29, 0.717) is 53.9 Å². The minimum Gasteiger partial charge on any atom is -0.506 e. The Morgan fingerprint density at radius 3 is 2.79 bits per heavy atom. The Bertz CT molecular complexity index is 967. The number of carbonyl (C=O) groups excluding carboxylic acids is 1. The zero-order valence-corrected chi connectivity index (χ0v) is 17.3. The van der Waals surface area contributed by atoms with Gasteiger partial charge in [-0.15, -0.1) is 0 Å². The minimum absolute atomic E-state index is 0.302. The molecule has 0 radical (unpaired) electrons. The molecule has 2 aromatic rings. The lowest BCUT2D eigenvalue weighted by Crippen LogP contribution is -2.40. The second-order valence-corrected chi connectivity index (χ2v) is 7.49. The molecule has 8 nitrogen and oxygen atoms in total. The second-order valence-electron chi connectivity index (χ2n) is 6.57. The number of allylic oxidation sites excluding steroid dienone is 1. The first-order valence-electron chi connectivity index (χ1n) is 9.12. The first-order valence-corrected chi connectivity index (χ1v) is 9.92. The molecule has 3 rings (SSSR count). The third-order valence-corrected chi connectivity index (χ3v) is 5.16. The topological polar surface area (TPSA) is 96.7 Å². The van der Waals surface area contributed by atoms with E-state index in [1.165, 1.54) is 4.57 Å². The standard InChI is InChI=1S/C19H23BrN4O4/c1-3-12(2)22-18(26)15-16(25)14-10-13(20)11-21-17(14)24(19(15)27)5-4-23-6-8-28-9-7-23/h10-11,25H,2-9H2,1H3,(H,22,26). The number of pyridine rings is 2. The average Bonchev–Trinajstić information content (AvgIpc) is 2.69. The lowest BCUT2D eigenvalue weighted by atomic mass is 10.1. The van der Waals surface area contributed by atoms with Crippen molar-refractivity contribution in [3.63, 3.8) is 0 Å². The molecule has 2 N–H and O–H groups in total. The highest BCUT2D eigenvalue weighted by Crippen LogP contribution is 2.27. The van der Waals surface area contributed by atoms with Crippen molar-refractivity contribution in [2.75, 3.05) is 32.8 Å². The predicted molar refractivity (Wildman–Crippen MR) is 110 cm³/mol. The van der Waals surface area contributed by atoms with Crippen molar-refractivity contribution in [3.05, 3.63) is 44.9 Å². The van der Waals surface area contributed by atoms with Crippen LogP contribution in [0.25, 0.3) is 11.0 Å². The molecule has 0 bridgehead atoms. The highest BCUT2D eigenvalue weighted by molar-refractivity contribution is 9.10. The predicted octanol–water partition coefficient (Wildman–Crippen LogP) is 1.85. The van der Waals surface area contributed by atoms with Crippen LogP contribution >= 0.6 is 15.9 Å². The summed E-state index contributed by atoms with van der Waals surface area (Å²) in [6, 6.07) is 1.65. The number of hydrogen-bond acceptors (Lipinski definition) is 6. The summed E-state index contributed by atoms with van der Waals surface area (Å²) in [4.78, 5) is 32.2. The molecule has 1 aliphatic heterocycles. The van der Waals surface area contributed by atoms with E-state index in [-0.39, 0.29) is 11.3 Å². The van der Waals surface area contributed by atoms with Crippen molar-refractivity contribution >= 4 is 32.9 Å². The Morgan fingerprint density at radius 2 is 2.11 bits per heavy atom. The molecule has 1 amide bonds. The van der Waals surface area contributed by atoms with Crippen molar-refractivity contribution < 1.29 is 14.6 Å². The monoisotopic (exact) mass is 450 g/mol. The third kappa shape index (κ3) is 4.26. The Kier molecular flexibility index (Phi) is 6.48. The number of morpholine rings is 1. The van der Waals surface area contributed by atoms with Crippen LogP contribution in [0, 0.1) is 0 Å². The molecule has 28 heavy (non-hydrogen) atoms. The summed E-state index contributed by atoms with van der Waals surface area (Å²) in [5, 5.41) is 13.6. The first-order chi connectivity index (χ1) is 13.4.